The summed E-state index contributed by atoms with van der Waals surface area (Å²) in [6.45, 7) is 1.62. The summed E-state index contributed by atoms with van der Waals surface area (Å²) in [5, 5.41) is 6.97. The molecule has 0 aliphatic heterocycles. The number of nitrogens with zero attached hydrogens (tertiary/aromatic N) is 1. The lowest BCUT2D eigenvalue weighted by atomic mass is 10.1. The first-order valence-electron chi connectivity index (χ1n) is 6.84. The third-order valence-corrected chi connectivity index (χ3v) is 3.54. The molecule has 4 nitrogen and oxygen atoms in total. The smallest absolute Gasteiger partial charge is 0.261 e. The molecular formula is C17H12ClFN2O2. The van der Waals surface area contributed by atoms with E-state index in [4.69, 9.17) is 16.1 Å². The molecule has 2 aromatic carbocycles. The maximum Gasteiger partial charge on any atom is 0.261 e. The van der Waals surface area contributed by atoms with Crippen LogP contribution in [0.4, 0.5) is 10.1 Å². The van der Waals surface area contributed by atoms with E-state index in [1.54, 1.807) is 43.3 Å². The van der Waals surface area contributed by atoms with Gasteiger partial charge in [0.15, 0.2) is 0 Å². The van der Waals surface area contributed by atoms with Gasteiger partial charge < -0.3 is 9.84 Å². The van der Waals surface area contributed by atoms with Gasteiger partial charge in [0.25, 0.3) is 5.91 Å². The quantitative estimate of drug-likeness (QED) is 0.757. The summed E-state index contributed by atoms with van der Waals surface area (Å²) < 4.78 is 18.8. The zero-order valence-electron chi connectivity index (χ0n) is 12.1. The first kappa shape index (κ1) is 15.2. The Morgan fingerprint density at radius 3 is 2.74 bits per heavy atom. The molecule has 0 radical (unpaired) electrons. The zero-order valence-corrected chi connectivity index (χ0v) is 12.9. The first-order chi connectivity index (χ1) is 11.1. The zero-order chi connectivity index (χ0) is 16.4. The van der Waals surface area contributed by atoms with E-state index in [2.05, 4.69) is 10.5 Å². The SMILES string of the molecule is Cc1onc(-c2cccc(Cl)c2)c1C(=O)Nc1ccccc1F. The lowest BCUT2D eigenvalue weighted by Crippen LogP contribution is -2.14. The van der Waals surface area contributed by atoms with E-state index in [1.165, 1.54) is 12.1 Å². The molecule has 0 aliphatic carbocycles. The van der Waals surface area contributed by atoms with Gasteiger partial charge in [0.2, 0.25) is 0 Å². The van der Waals surface area contributed by atoms with Gasteiger partial charge in [-0.25, -0.2) is 4.39 Å². The van der Waals surface area contributed by atoms with Crippen LogP contribution in [0.5, 0.6) is 0 Å². The predicted octanol–water partition coefficient (Wildman–Crippen LogP) is 4.69. The molecule has 0 saturated carbocycles. The number of aryl methyl sites for hydroxylation is 1. The number of rotatable bonds is 3. The summed E-state index contributed by atoms with van der Waals surface area (Å²) in [5.41, 5.74) is 1.34. The molecule has 0 spiro atoms. The maximum atomic E-state index is 13.7. The molecule has 0 saturated heterocycles. The molecule has 0 unspecified atom stereocenters. The lowest BCUT2D eigenvalue weighted by Gasteiger charge is -2.07. The van der Waals surface area contributed by atoms with Crippen LogP contribution in [-0.2, 0) is 0 Å². The van der Waals surface area contributed by atoms with E-state index < -0.39 is 11.7 Å². The Hall–Kier alpha value is -2.66. The van der Waals surface area contributed by atoms with Gasteiger partial charge in [0, 0.05) is 10.6 Å². The predicted molar refractivity (Wildman–Crippen MR) is 86.0 cm³/mol. The van der Waals surface area contributed by atoms with Crippen LogP contribution in [0, 0.1) is 12.7 Å². The molecule has 0 atom stereocenters. The minimum atomic E-state index is -0.515. The molecule has 0 bridgehead atoms. The van der Waals surface area contributed by atoms with E-state index in [9.17, 15) is 9.18 Å². The van der Waals surface area contributed by atoms with Gasteiger partial charge in [-0.15, -0.1) is 0 Å². The van der Waals surface area contributed by atoms with Crippen molar-refractivity contribution in [1.29, 1.82) is 0 Å². The van der Waals surface area contributed by atoms with Gasteiger partial charge in [-0.3, -0.25) is 4.79 Å². The largest absolute Gasteiger partial charge is 0.360 e. The van der Waals surface area contributed by atoms with Crippen LogP contribution in [0.25, 0.3) is 11.3 Å². The van der Waals surface area contributed by atoms with Gasteiger partial charge in [0.05, 0.1) is 5.69 Å². The Bertz CT molecular complexity index is 877. The number of hydrogen-bond donors (Lipinski definition) is 1. The van der Waals surface area contributed by atoms with Crippen molar-refractivity contribution >= 4 is 23.2 Å². The monoisotopic (exact) mass is 330 g/mol. The Morgan fingerprint density at radius 1 is 1.22 bits per heavy atom. The van der Waals surface area contributed by atoms with Crippen molar-refractivity contribution in [2.75, 3.05) is 5.32 Å². The molecule has 3 rings (SSSR count). The highest BCUT2D eigenvalue weighted by Gasteiger charge is 2.22. The molecule has 0 aliphatic rings. The third kappa shape index (κ3) is 3.10. The summed E-state index contributed by atoms with van der Waals surface area (Å²) >= 11 is 5.98. The number of para-hydroxylation sites is 1. The number of carbonyl (C=O) groups excluding carboxylic acids is 1. The van der Waals surface area contributed by atoms with Crippen molar-refractivity contribution in [1.82, 2.24) is 5.16 Å². The summed E-state index contributed by atoms with van der Waals surface area (Å²) in [7, 11) is 0. The molecule has 1 amide bonds. The number of aromatic nitrogens is 1. The Balaban J connectivity index is 1.99. The summed E-state index contributed by atoms with van der Waals surface area (Å²) in [5.74, 6) is -0.670. The number of amides is 1. The minimum Gasteiger partial charge on any atom is -0.360 e. The summed E-state index contributed by atoms with van der Waals surface area (Å²) in [6, 6.07) is 12.9. The standard InChI is InChI=1S/C17H12ClFN2O2/c1-10-15(17(22)20-14-8-3-2-7-13(14)19)16(21-23-10)11-5-4-6-12(18)9-11/h2-9H,1H3,(H,20,22). The van der Waals surface area contributed by atoms with E-state index in [0.717, 1.165) is 0 Å². The number of benzene rings is 2. The number of anilines is 1. The van der Waals surface area contributed by atoms with Crippen LogP contribution in [-0.4, -0.2) is 11.1 Å². The molecule has 23 heavy (non-hydrogen) atoms. The maximum absolute atomic E-state index is 13.7. The topological polar surface area (TPSA) is 55.1 Å². The van der Waals surface area contributed by atoms with E-state index in [-0.39, 0.29) is 11.3 Å². The van der Waals surface area contributed by atoms with Crippen LogP contribution < -0.4 is 5.32 Å². The minimum absolute atomic E-state index is 0.0927. The fraction of sp³-hybridized carbons (Fsp3) is 0.0588. The summed E-state index contributed by atoms with van der Waals surface area (Å²) in [4.78, 5) is 12.5. The Kier molecular flexibility index (Phi) is 4.12. The fourth-order valence-electron chi connectivity index (χ4n) is 2.22. The van der Waals surface area contributed by atoms with Gasteiger partial charge in [-0.1, -0.05) is 41.0 Å². The number of hydrogen-bond acceptors (Lipinski definition) is 3. The van der Waals surface area contributed by atoms with Gasteiger partial charge in [-0.05, 0) is 31.2 Å². The van der Waals surface area contributed by atoms with Crippen molar-refractivity contribution in [3.05, 3.63) is 70.7 Å². The molecule has 1 heterocycles. The highest BCUT2D eigenvalue weighted by Crippen LogP contribution is 2.28. The van der Waals surface area contributed by atoms with Crippen LogP contribution in [0.3, 0.4) is 0 Å². The summed E-state index contributed by atoms with van der Waals surface area (Å²) in [6.07, 6.45) is 0. The van der Waals surface area contributed by atoms with Crippen LogP contribution in [0.2, 0.25) is 5.02 Å². The Labute approximate surface area is 136 Å². The number of carbonyl (C=O) groups is 1. The molecule has 116 valence electrons. The fourth-order valence-corrected chi connectivity index (χ4v) is 2.41. The van der Waals surface area contributed by atoms with Crippen molar-refractivity contribution in [3.63, 3.8) is 0 Å². The molecule has 0 fully saturated rings. The molecule has 3 aromatic rings. The molecular weight excluding hydrogens is 319 g/mol. The van der Waals surface area contributed by atoms with E-state index >= 15 is 0 Å². The molecule has 6 heteroatoms. The first-order valence-corrected chi connectivity index (χ1v) is 7.22. The number of halogens is 2. The van der Waals surface area contributed by atoms with Gasteiger partial charge in [0.1, 0.15) is 22.8 Å². The average molecular weight is 331 g/mol. The Morgan fingerprint density at radius 2 is 2.00 bits per heavy atom. The highest BCUT2D eigenvalue weighted by atomic mass is 35.5. The normalized spacial score (nSPS) is 10.6. The van der Waals surface area contributed by atoms with Crippen LogP contribution in [0.1, 0.15) is 16.1 Å². The van der Waals surface area contributed by atoms with Gasteiger partial charge in [-0.2, -0.15) is 0 Å². The highest BCUT2D eigenvalue weighted by molar-refractivity contribution is 6.30. The van der Waals surface area contributed by atoms with Crippen LogP contribution >= 0.6 is 11.6 Å². The second-order valence-electron chi connectivity index (χ2n) is 4.91. The molecule has 1 aromatic heterocycles. The van der Waals surface area contributed by atoms with Crippen molar-refractivity contribution in [2.45, 2.75) is 6.92 Å². The molecule has 1 N–H and O–H groups in total. The average Bonchev–Trinajstić information content (AvgIpc) is 2.91. The van der Waals surface area contributed by atoms with Gasteiger partial charge >= 0.3 is 0 Å². The van der Waals surface area contributed by atoms with Crippen molar-refractivity contribution in [3.8, 4) is 11.3 Å². The van der Waals surface area contributed by atoms with E-state index in [0.29, 0.717) is 22.0 Å². The second kappa shape index (κ2) is 6.22. The van der Waals surface area contributed by atoms with E-state index in [1.807, 2.05) is 0 Å². The third-order valence-electron chi connectivity index (χ3n) is 3.31. The number of nitrogens with one attached hydrogen (secondary N) is 1. The second-order valence-corrected chi connectivity index (χ2v) is 5.34. The van der Waals surface area contributed by atoms with Crippen molar-refractivity contribution < 1.29 is 13.7 Å². The lowest BCUT2D eigenvalue weighted by molar-refractivity contribution is 0.102. The van der Waals surface area contributed by atoms with Crippen molar-refractivity contribution in [2.24, 2.45) is 0 Å². The van der Waals surface area contributed by atoms with Crippen LogP contribution in [0.15, 0.2) is 53.1 Å².